The van der Waals surface area contributed by atoms with Crippen LogP contribution in [0.25, 0.3) is 0 Å². The van der Waals surface area contributed by atoms with Crippen LogP contribution in [0.15, 0.2) is 29.8 Å². The molecule has 0 fully saturated rings. The molecule has 82 valence electrons. The van der Waals surface area contributed by atoms with Crippen molar-refractivity contribution in [3.05, 3.63) is 45.9 Å². The summed E-state index contributed by atoms with van der Waals surface area (Å²) in [6.07, 6.45) is 0. The van der Waals surface area contributed by atoms with Crippen molar-refractivity contribution in [3.8, 4) is 0 Å². The Hall–Kier alpha value is -1.68. The van der Waals surface area contributed by atoms with Crippen molar-refractivity contribution in [3.63, 3.8) is 0 Å². The lowest BCUT2D eigenvalue weighted by Crippen LogP contribution is -2.13. The monoisotopic (exact) mass is 232 g/mol. The molecule has 1 heterocycles. The van der Waals surface area contributed by atoms with E-state index >= 15 is 0 Å². The number of aryl methyl sites for hydroxylation is 2. The van der Waals surface area contributed by atoms with E-state index in [4.69, 9.17) is 0 Å². The fraction of sp³-hybridized carbons (Fsp3) is 0.167. The summed E-state index contributed by atoms with van der Waals surface area (Å²) in [4.78, 5) is 16.8. The lowest BCUT2D eigenvalue weighted by atomic mass is 10.2. The number of hydrogen-bond donors (Lipinski definition) is 1. The SMILES string of the molecule is Cc1ccc(NC(=O)c2ncsc2C)cc1. The van der Waals surface area contributed by atoms with Crippen LogP contribution in [0, 0.1) is 13.8 Å². The smallest absolute Gasteiger partial charge is 0.275 e. The van der Waals surface area contributed by atoms with Gasteiger partial charge in [0.15, 0.2) is 0 Å². The number of aromatic nitrogens is 1. The van der Waals surface area contributed by atoms with E-state index < -0.39 is 0 Å². The van der Waals surface area contributed by atoms with Crippen molar-refractivity contribution in [2.75, 3.05) is 5.32 Å². The van der Waals surface area contributed by atoms with Crippen LogP contribution >= 0.6 is 11.3 Å². The van der Waals surface area contributed by atoms with Gasteiger partial charge in [0.2, 0.25) is 0 Å². The van der Waals surface area contributed by atoms with Gasteiger partial charge in [0, 0.05) is 10.6 Å². The van der Waals surface area contributed by atoms with Crippen molar-refractivity contribution in [1.29, 1.82) is 0 Å². The third kappa shape index (κ3) is 2.28. The largest absolute Gasteiger partial charge is 0.321 e. The third-order valence-corrected chi connectivity index (χ3v) is 3.03. The molecule has 0 aliphatic rings. The van der Waals surface area contributed by atoms with Crippen LogP contribution in [0.5, 0.6) is 0 Å². The zero-order chi connectivity index (χ0) is 11.5. The molecular formula is C12H12N2OS. The Morgan fingerprint density at radius 3 is 2.50 bits per heavy atom. The van der Waals surface area contributed by atoms with E-state index in [2.05, 4.69) is 10.3 Å². The number of carbonyl (C=O) groups is 1. The molecule has 3 nitrogen and oxygen atoms in total. The minimum absolute atomic E-state index is 0.150. The van der Waals surface area contributed by atoms with Crippen molar-refractivity contribution in [2.24, 2.45) is 0 Å². The number of anilines is 1. The molecule has 0 atom stereocenters. The number of nitrogens with one attached hydrogen (secondary N) is 1. The first-order valence-corrected chi connectivity index (χ1v) is 5.83. The van der Waals surface area contributed by atoms with Gasteiger partial charge in [0.05, 0.1) is 5.51 Å². The Bertz CT molecular complexity index is 502. The Morgan fingerprint density at radius 2 is 1.94 bits per heavy atom. The number of benzene rings is 1. The number of nitrogens with zero attached hydrogens (tertiary/aromatic N) is 1. The molecule has 16 heavy (non-hydrogen) atoms. The molecule has 0 aliphatic heterocycles. The molecule has 0 saturated carbocycles. The van der Waals surface area contributed by atoms with Gasteiger partial charge in [-0.05, 0) is 26.0 Å². The average Bonchev–Trinajstić information content (AvgIpc) is 2.68. The fourth-order valence-electron chi connectivity index (χ4n) is 1.35. The quantitative estimate of drug-likeness (QED) is 0.864. The molecule has 0 radical (unpaired) electrons. The zero-order valence-corrected chi connectivity index (χ0v) is 9.97. The summed E-state index contributed by atoms with van der Waals surface area (Å²) < 4.78 is 0. The van der Waals surface area contributed by atoms with Gasteiger partial charge < -0.3 is 5.32 Å². The Kier molecular flexibility index (Phi) is 3.01. The van der Waals surface area contributed by atoms with Gasteiger partial charge in [0.1, 0.15) is 5.69 Å². The second-order valence-corrected chi connectivity index (χ2v) is 4.64. The maximum atomic E-state index is 11.8. The van der Waals surface area contributed by atoms with E-state index in [1.54, 1.807) is 5.51 Å². The second kappa shape index (κ2) is 4.45. The van der Waals surface area contributed by atoms with E-state index in [0.717, 1.165) is 10.6 Å². The van der Waals surface area contributed by atoms with Crippen LogP contribution in [0.4, 0.5) is 5.69 Å². The number of carbonyl (C=O) groups excluding carboxylic acids is 1. The molecule has 1 aromatic carbocycles. The van der Waals surface area contributed by atoms with Crippen LogP contribution in [0.3, 0.4) is 0 Å². The molecule has 2 aromatic rings. The molecule has 0 spiro atoms. The lowest BCUT2D eigenvalue weighted by molar-refractivity contribution is 0.102. The van der Waals surface area contributed by atoms with Crippen molar-refractivity contribution < 1.29 is 4.79 Å². The maximum Gasteiger partial charge on any atom is 0.275 e. The summed E-state index contributed by atoms with van der Waals surface area (Å²) in [6.45, 7) is 3.90. The molecule has 1 amide bonds. The van der Waals surface area contributed by atoms with Gasteiger partial charge in [-0.3, -0.25) is 4.79 Å². The van der Waals surface area contributed by atoms with Crippen LogP contribution in [-0.2, 0) is 0 Å². The highest BCUT2D eigenvalue weighted by atomic mass is 32.1. The first-order chi connectivity index (χ1) is 7.66. The molecule has 2 rings (SSSR count). The Morgan fingerprint density at radius 1 is 1.25 bits per heavy atom. The first kappa shape index (κ1) is 10.8. The van der Waals surface area contributed by atoms with Crippen LogP contribution in [0.1, 0.15) is 20.9 Å². The summed E-state index contributed by atoms with van der Waals surface area (Å²) in [5, 5.41) is 2.82. The van der Waals surface area contributed by atoms with Crippen LogP contribution < -0.4 is 5.32 Å². The second-order valence-electron chi connectivity index (χ2n) is 3.58. The topological polar surface area (TPSA) is 42.0 Å². The lowest BCUT2D eigenvalue weighted by Gasteiger charge is -2.03. The minimum Gasteiger partial charge on any atom is -0.321 e. The summed E-state index contributed by atoms with van der Waals surface area (Å²) in [6, 6.07) is 7.69. The summed E-state index contributed by atoms with van der Waals surface area (Å²) in [7, 11) is 0. The highest BCUT2D eigenvalue weighted by Crippen LogP contribution is 2.14. The number of thiazole rings is 1. The fourth-order valence-corrected chi connectivity index (χ4v) is 1.92. The Balaban J connectivity index is 2.14. The van der Waals surface area contributed by atoms with Gasteiger partial charge in [-0.15, -0.1) is 11.3 Å². The van der Waals surface area contributed by atoms with E-state index in [9.17, 15) is 4.79 Å². The predicted octanol–water partition coefficient (Wildman–Crippen LogP) is 3.01. The van der Waals surface area contributed by atoms with Crippen LogP contribution in [0.2, 0.25) is 0 Å². The van der Waals surface area contributed by atoms with Crippen LogP contribution in [-0.4, -0.2) is 10.9 Å². The molecule has 0 saturated heterocycles. The van der Waals surface area contributed by atoms with Gasteiger partial charge in [-0.25, -0.2) is 4.98 Å². The zero-order valence-electron chi connectivity index (χ0n) is 9.15. The van der Waals surface area contributed by atoms with Gasteiger partial charge >= 0.3 is 0 Å². The molecule has 4 heteroatoms. The summed E-state index contributed by atoms with van der Waals surface area (Å²) in [5.41, 5.74) is 4.15. The predicted molar refractivity (Wildman–Crippen MR) is 66.0 cm³/mol. The first-order valence-electron chi connectivity index (χ1n) is 4.95. The summed E-state index contributed by atoms with van der Waals surface area (Å²) in [5.74, 6) is -0.150. The summed E-state index contributed by atoms with van der Waals surface area (Å²) >= 11 is 1.47. The Labute approximate surface area is 98.2 Å². The van der Waals surface area contributed by atoms with Crippen molar-refractivity contribution in [2.45, 2.75) is 13.8 Å². The number of amides is 1. The molecule has 0 unspecified atom stereocenters. The molecule has 1 N–H and O–H groups in total. The highest BCUT2D eigenvalue weighted by molar-refractivity contribution is 7.09. The van der Waals surface area contributed by atoms with Gasteiger partial charge in [-0.1, -0.05) is 17.7 Å². The minimum atomic E-state index is -0.150. The normalized spacial score (nSPS) is 10.1. The standard InChI is InChI=1S/C12H12N2OS/c1-8-3-5-10(6-4-8)14-12(15)11-9(2)16-7-13-11/h3-7H,1-2H3,(H,14,15). The van der Waals surface area contributed by atoms with Gasteiger partial charge in [-0.2, -0.15) is 0 Å². The molecule has 1 aromatic heterocycles. The van der Waals surface area contributed by atoms with Crippen molar-refractivity contribution in [1.82, 2.24) is 4.98 Å². The molecule has 0 aliphatic carbocycles. The number of rotatable bonds is 2. The maximum absolute atomic E-state index is 11.8. The van der Waals surface area contributed by atoms with Gasteiger partial charge in [0.25, 0.3) is 5.91 Å². The van der Waals surface area contributed by atoms with E-state index in [-0.39, 0.29) is 5.91 Å². The highest BCUT2D eigenvalue weighted by Gasteiger charge is 2.11. The molecule has 0 bridgehead atoms. The van der Waals surface area contributed by atoms with E-state index in [1.165, 1.54) is 16.9 Å². The average molecular weight is 232 g/mol. The number of hydrogen-bond acceptors (Lipinski definition) is 3. The molecular weight excluding hydrogens is 220 g/mol. The van der Waals surface area contributed by atoms with Crippen molar-refractivity contribution >= 4 is 22.9 Å². The third-order valence-electron chi connectivity index (χ3n) is 2.27. The van der Waals surface area contributed by atoms with E-state index in [1.807, 2.05) is 38.1 Å². The van der Waals surface area contributed by atoms with E-state index in [0.29, 0.717) is 5.69 Å².